The molecule has 2 rings (SSSR count). The van der Waals surface area contributed by atoms with Crippen molar-refractivity contribution >= 4 is 27.5 Å². The minimum atomic E-state index is -3.60. The van der Waals surface area contributed by atoms with E-state index in [-0.39, 0.29) is 11.9 Å². The van der Waals surface area contributed by atoms with Crippen LogP contribution in [0.1, 0.15) is 13.8 Å². The van der Waals surface area contributed by atoms with Crippen LogP contribution in [0, 0.1) is 0 Å². The molecule has 8 nitrogen and oxygen atoms in total. The Morgan fingerprint density at radius 3 is 2.25 bits per heavy atom. The number of rotatable bonds is 7. The SMILES string of the molecule is CC(C)Oc1ccccc1Nc1ccc(NS(=O)(=O)N(C)C)nn1. The van der Waals surface area contributed by atoms with Crippen molar-refractivity contribution in [3.05, 3.63) is 36.4 Å². The summed E-state index contributed by atoms with van der Waals surface area (Å²) in [5, 5.41) is 10.9. The highest BCUT2D eigenvalue weighted by atomic mass is 32.2. The summed E-state index contributed by atoms with van der Waals surface area (Å²) >= 11 is 0. The fraction of sp³-hybridized carbons (Fsp3) is 0.333. The van der Waals surface area contributed by atoms with Crippen LogP contribution in [0.15, 0.2) is 36.4 Å². The van der Waals surface area contributed by atoms with Crippen molar-refractivity contribution in [3.8, 4) is 5.75 Å². The second kappa shape index (κ2) is 7.45. The van der Waals surface area contributed by atoms with E-state index in [1.54, 1.807) is 6.07 Å². The molecule has 2 N–H and O–H groups in total. The van der Waals surface area contributed by atoms with Gasteiger partial charge in [-0.2, -0.15) is 12.7 Å². The fourth-order valence-corrected chi connectivity index (χ4v) is 2.30. The number of hydrogen-bond donors (Lipinski definition) is 2. The Labute approximate surface area is 142 Å². The van der Waals surface area contributed by atoms with Gasteiger partial charge in [-0.1, -0.05) is 12.1 Å². The zero-order valence-electron chi connectivity index (χ0n) is 14.0. The summed E-state index contributed by atoms with van der Waals surface area (Å²) in [6.45, 7) is 3.89. The number of hydrogen-bond acceptors (Lipinski definition) is 6. The lowest BCUT2D eigenvalue weighted by Gasteiger charge is -2.15. The van der Waals surface area contributed by atoms with Crippen molar-refractivity contribution in [1.29, 1.82) is 0 Å². The van der Waals surface area contributed by atoms with Gasteiger partial charge >= 0.3 is 10.2 Å². The smallest absolute Gasteiger partial charge is 0.302 e. The van der Waals surface area contributed by atoms with Gasteiger partial charge < -0.3 is 10.1 Å². The van der Waals surface area contributed by atoms with Gasteiger partial charge in [-0.3, -0.25) is 4.72 Å². The van der Waals surface area contributed by atoms with E-state index >= 15 is 0 Å². The second-order valence-corrected chi connectivity index (χ2v) is 7.37. The van der Waals surface area contributed by atoms with Crippen LogP contribution in [0.4, 0.5) is 17.3 Å². The van der Waals surface area contributed by atoms with Crippen LogP contribution in [-0.2, 0) is 10.2 Å². The van der Waals surface area contributed by atoms with Crippen LogP contribution < -0.4 is 14.8 Å². The number of nitrogens with zero attached hydrogens (tertiary/aromatic N) is 3. The molecule has 9 heteroatoms. The highest BCUT2D eigenvalue weighted by molar-refractivity contribution is 7.90. The average Bonchev–Trinajstić information content (AvgIpc) is 2.50. The van der Waals surface area contributed by atoms with Gasteiger partial charge in [0, 0.05) is 14.1 Å². The van der Waals surface area contributed by atoms with Crippen LogP contribution in [0.25, 0.3) is 0 Å². The van der Waals surface area contributed by atoms with E-state index in [0.29, 0.717) is 11.6 Å². The van der Waals surface area contributed by atoms with Crippen LogP contribution >= 0.6 is 0 Å². The van der Waals surface area contributed by atoms with Crippen molar-refractivity contribution in [2.24, 2.45) is 0 Å². The second-order valence-electron chi connectivity index (χ2n) is 5.48. The maximum absolute atomic E-state index is 11.7. The molecule has 1 aromatic heterocycles. The molecule has 24 heavy (non-hydrogen) atoms. The largest absolute Gasteiger partial charge is 0.489 e. The number of nitrogens with one attached hydrogen (secondary N) is 2. The van der Waals surface area contributed by atoms with Gasteiger partial charge in [0.05, 0.1) is 11.8 Å². The number of benzene rings is 1. The Balaban J connectivity index is 2.13. The first-order chi connectivity index (χ1) is 11.3. The van der Waals surface area contributed by atoms with E-state index in [4.69, 9.17) is 4.74 Å². The molecule has 2 aromatic rings. The predicted octanol–water partition coefficient (Wildman–Crippen LogP) is 2.23. The van der Waals surface area contributed by atoms with Gasteiger partial charge in [-0.05, 0) is 38.1 Å². The Bertz CT molecular complexity index is 776. The summed E-state index contributed by atoms with van der Waals surface area (Å²) in [6, 6.07) is 10.6. The number of anilines is 3. The molecule has 0 radical (unpaired) electrons. The van der Waals surface area contributed by atoms with E-state index in [0.717, 1.165) is 9.99 Å². The van der Waals surface area contributed by atoms with Crippen LogP contribution in [0.2, 0.25) is 0 Å². The molecular formula is C15H21N5O3S. The quantitative estimate of drug-likeness (QED) is 0.794. The Morgan fingerprint density at radius 1 is 1.04 bits per heavy atom. The van der Waals surface area contributed by atoms with E-state index in [1.807, 2.05) is 38.1 Å². The third kappa shape index (κ3) is 4.80. The van der Waals surface area contributed by atoms with Crippen LogP contribution in [-0.4, -0.2) is 43.1 Å². The maximum Gasteiger partial charge on any atom is 0.302 e. The third-order valence-corrected chi connectivity index (χ3v) is 4.32. The summed E-state index contributed by atoms with van der Waals surface area (Å²) in [7, 11) is -0.747. The molecular weight excluding hydrogens is 330 g/mol. The topological polar surface area (TPSA) is 96.5 Å². The zero-order chi connectivity index (χ0) is 17.7. The number of para-hydroxylation sites is 2. The fourth-order valence-electron chi connectivity index (χ4n) is 1.74. The molecule has 0 aliphatic carbocycles. The van der Waals surface area contributed by atoms with Gasteiger partial charge in [0.2, 0.25) is 0 Å². The van der Waals surface area contributed by atoms with Crippen LogP contribution in [0.3, 0.4) is 0 Å². The van der Waals surface area contributed by atoms with E-state index in [2.05, 4.69) is 20.2 Å². The standard InChI is InChI=1S/C15H21N5O3S/c1-11(2)23-13-8-6-5-7-12(13)16-14-9-10-15(18-17-14)19-24(21,22)20(3)4/h5-11H,1-4H3,(H,16,17)(H,18,19). The normalized spacial score (nSPS) is 11.6. The molecule has 0 aliphatic rings. The summed E-state index contributed by atoms with van der Waals surface area (Å²) in [6.07, 6.45) is 0.0434. The molecule has 0 saturated heterocycles. The lowest BCUT2D eigenvalue weighted by molar-refractivity contribution is 0.244. The van der Waals surface area contributed by atoms with Crippen molar-refractivity contribution in [3.63, 3.8) is 0 Å². The molecule has 0 atom stereocenters. The maximum atomic E-state index is 11.7. The molecule has 0 fully saturated rings. The lowest BCUT2D eigenvalue weighted by atomic mass is 10.3. The Morgan fingerprint density at radius 2 is 1.67 bits per heavy atom. The van der Waals surface area contributed by atoms with Gasteiger partial charge in [0.15, 0.2) is 11.6 Å². The molecule has 1 heterocycles. The van der Waals surface area contributed by atoms with E-state index in [9.17, 15) is 8.42 Å². The Kier molecular flexibility index (Phi) is 5.58. The van der Waals surface area contributed by atoms with Crippen LogP contribution in [0.5, 0.6) is 5.75 Å². The van der Waals surface area contributed by atoms with Gasteiger partial charge in [0.25, 0.3) is 0 Å². The van der Waals surface area contributed by atoms with Gasteiger partial charge in [0.1, 0.15) is 5.75 Å². The molecule has 0 saturated carbocycles. The van der Waals surface area contributed by atoms with Crippen molar-refractivity contribution in [2.45, 2.75) is 20.0 Å². The molecule has 0 unspecified atom stereocenters. The molecule has 0 bridgehead atoms. The number of aromatic nitrogens is 2. The number of ether oxygens (including phenoxy) is 1. The summed E-state index contributed by atoms with van der Waals surface area (Å²) in [5.41, 5.74) is 0.752. The summed E-state index contributed by atoms with van der Waals surface area (Å²) in [4.78, 5) is 0. The van der Waals surface area contributed by atoms with Gasteiger partial charge in [-0.15, -0.1) is 10.2 Å². The molecule has 0 aliphatic heterocycles. The molecule has 130 valence electrons. The van der Waals surface area contributed by atoms with Gasteiger partial charge in [-0.25, -0.2) is 0 Å². The van der Waals surface area contributed by atoms with Crippen molar-refractivity contribution in [2.75, 3.05) is 24.1 Å². The summed E-state index contributed by atoms with van der Waals surface area (Å²) in [5.74, 6) is 1.32. The monoisotopic (exact) mass is 351 g/mol. The third-order valence-electron chi connectivity index (χ3n) is 2.89. The highest BCUT2D eigenvalue weighted by Crippen LogP contribution is 2.27. The highest BCUT2D eigenvalue weighted by Gasteiger charge is 2.14. The van der Waals surface area contributed by atoms with E-state index in [1.165, 1.54) is 20.2 Å². The first-order valence-electron chi connectivity index (χ1n) is 7.34. The minimum absolute atomic E-state index is 0.0434. The minimum Gasteiger partial charge on any atom is -0.489 e. The Hall–Kier alpha value is -2.39. The average molecular weight is 351 g/mol. The predicted molar refractivity (Wildman–Crippen MR) is 93.8 cm³/mol. The summed E-state index contributed by atoms with van der Waals surface area (Å²) < 4.78 is 32.6. The lowest BCUT2D eigenvalue weighted by Crippen LogP contribution is -2.29. The first-order valence-corrected chi connectivity index (χ1v) is 8.78. The zero-order valence-corrected chi connectivity index (χ0v) is 14.8. The van der Waals surface area contributed by atoms with Crippen molar-refractivity contribution < 1.29 is 13.2 Å². The van der Waals surface area contributed by atoms with Crippen molar-refractivity contribution in [1.82, 2.24) is 14.5 Å². The molecule has 0 amide bonds. The molecule has 0 spiro atoms. The first kappa shape index (κ1) is 18.0. The molecule has 1 aromatic carbocycles. The van der Waals surface area contributed by atoms with E-state index < -0.39 is 10.2 Å².